The quantitative estimate of drug-likeness (QED) is 0.493. The van der Waals surface area contributed by atoms with Crippen molar-refractivity contribution in [3.8, 4) is 0 Å². The molecule has 0 saturated heterocycles. The van der Waals surface area contributed by atoms with Crippen molar-refractivity contribution >= 4 is 8.32 Å². The van der Waals surface area contributed by atoms with E-state index in [1.165, 1.54) is 11.3 Å². The topological polar surface area (TPSA) is 9.23 Å². The van der Waals surface area contributed by atoms with Crippen LogP contribution in [0.5, 0.6) is 0 Å². The van der Waals surface area contributed by atoms with Gasteiger partial charge in [0.25, 0.3) is 8.32 Å². The molecule has 0 unspecified atom stereocenters. The summed E-state index contributed by atoms with van der Waals surface area (Å²) in [5, 5.41) is 0. The molecule has 120 valence electrons. The van der Waals surface area contributed by atoms with Gasteiger partial charge < -0.3 is 4.43 Å². The molecule has 2 heteroatoms. The normalized spacial score (nSPS) is 22.3. The maximum Gasteiger partial charge on any atom is 0.258 e. The smallest absolute Gasteiger partial charge is 0.258 e. The average molecular weight is 307 g/mol. The van der Waals surface area contributed by atoms with Gasteiger partial charge in [0.05, 0.1) is 5.76 Å². The van der Waals surface area contributed by atoms with Crippen molar-refractivity contribution in [1.29, 1.82) is 0 Å². The van der Waals surface area contributed by atoms with Crippen LogP contribution in [0.3, 0.4) is 0 Å². The number of allylic oxidation sites excluding steroid dienone is 5. The lowest BCUT2D eigenvalue weighted by Crippen LogP contribution is -2.47. The van der Waals surface area contributed by atoms with Crippen LogP contribution in [0.2, 0.25) is 16.6 Å². The van der Waals surface area contributed by atoms with Crippen LogP contribution in [0.1, 0.15) is 67.2 Å². The Bertz CT molecular complexity index is 380. The second-order valence-corrected chi connectivity index (χ2v) is 12.5. The zero-order valence-electron chi connectivity index (χ0n) is 14.9. The van der Waals surface area contributed by atoms with Crippen LogP contribution >= 0.6 is 0 Å². The minimum Gasteiger partial charge on any atom is -0.546 e. The molecule has 0 N–H and O–H groups in total. The van der Waals surface area contributed by atoms with Gasteiger partial charge in [-0.05, 0) is 42.0 Å². The highest BCUT2D eigenvalue weighted by Crippen LogP contribution is 2.44. The van der Waals surface area contributed by atoms with Crippen LogP contribution in [0.4, 0.5) is 0 Å². The van der Waals surface area contributed by atoms with E-state index in [4.69, 9.17) is 4.43 Å². The molecule has 0 bridgehead atoms. The summed E-state index contributed by atoms with van der Waals surface area (Å²) in [6.45, 7) is 18.0. The molecule has 0 aromatic carbocycles. The van der Waals surface area contributed by atoms with Crippen LogP contribution in [0.15, 0.2) is 36.1 Å². The Balaban J connectivity index is 2.95. The van der Waals surface area contributed by atoms with E-state index in [0.717, 1.165) is 25.7 Å². The van der Waals surface area contributed by atoms with Gasteiger partial charge in [-0.25, -0.2) is 0 Å². The highest BCUT2D eigenvalue weighted by Gasteiger charge is 2.47. The zero-order chi connectivity index (χ0) is 16.0. The standard InChI is InChI=1S/C19H34OSi/c1-8-18-11-9-10-12-19(14-13-18)20-21(15(2)3,16(4)5)17(6)7/h8,11-12,15-17H,1,9-10,13-14H2,2-7H3/b18-11-,19-12+. The predicted molar refractivity (Wildman–Crippen MR) is 97.0 cm³/mol. The van der Waals surface area contributed by atoms with Crippen LogP contribution in [0.25, 0.3) is 0 Å². The number of rotatable bonds is 6. The lowest BCUT2D eigenvalue weighted by molar-refractivity contribution is 0.352. The first kappa shape index (κ1) is 18.3. The SMILES string of the molecule is C=C/C1=C/CC/C=C(/O[Si](C(C)C)(C(C)C)C(C)C)CC1. The Labute approximate surface area is 133 Å². The van der Waals surface area contributed by atoms with Gasteiger partial charge in [0.15, 0.2) is 0 Å². The summed E-state index contributed by atoms with van der Waals surface area (Å²) in [5.74, 6) is 1.24. The lowest BCUT2D eigenvalue weighted by Gasteiger charge is -2.43. The van der Waals surface area contributed by atoms with E-state index in [9.17, 15) is 0 Å². The Morgan fingerprint density at radius 2 is 1.48 bits per heavy atom. The van der Waals surface area contributed by atoms with Crippen LogP contribution < -0.4 is 0 Å². The van der Waals surface area contributed by atoms with E-state index < -0.39 is 8.32 Å². The molecule has 0 atom stereocenters. The van der Waals surface area contributed by atoms with Crippen molar-refractivity contribution in [2.75, 3.05) is 0 Å². The summed E-state index contributed by atoms with van der Waals surface area (Å²) >= 11 is 0. The van der Waals surface area contributed by atoms with E-state index in [1.807, 2.05) is 6.08 Å². The van der Waals surface area contributed by atoms with Crippen molar-refractivity contribution in [2.45, 2.75) is 83.8 Å². The van der Waals surface area contributed by atoms with Gasteiger partial charge in [0.1, 0.15) is 0 Å². The molecule has 0 heterocycles. The maximum absolute atomic E-state index is 6.83. The molecule has 1 aliphatic rings. The van der Waals surface area contributed by atoms with Crippen molar-refractivity contribution in [3.63, 3.8) is 0 Å². The second kappa shape index (κ2) is 8.02. The van der Waals surface area contributed by atoms with Gasteiger partial charge >= 0.3 is 0 Å². The Morgan fingerprint density at radius 1 is 0.952 bits per heavy atom. The fraction of sp³-hybridized carbons (Fsp3) is 0.684. The Kier molecular flexibility index (Phi) is 6.99. The molecular weight excluding hydrogens is 272 g/mol. The minimum atomic E-state index is -1.80. The van der Waals surface area contributed by atoms with Gasteiger partial charge in [-0.15, -0.1) is 0 Å². The lowest BCUT2D eigenvalue weighted by atomic mass is 10.0. The number of hydrogen-bond donors (Lipinski definition) is 0. The molecule has 0 amide bonds. The molecular formula is C19H34OSi. The first-order chi connectivity index (χ1) is 9.84. The first-order valence-electron chi connectivity index (χ1n) is 8.54. The fourth-order valence-electron chi connectivity index (χ4n) is 3.84. The fourth-order valence-corrected chi connectivity index (χ4v) is 9.19. The molecule has 0 aromatic rings. The van der Waals surface area contributed by atoms with Crippen molar-refractivity contribution < 1.29 is 4.43 Å². The van der Waals surface area contributed by atoms with Crippen molar-refractivity contribution in [3.05, 3.63) is 36.1 Å². The highest BCUT2D eigenvalue weighted by atomic mass is 28.4. The van der Waals surface area contributed by atoms with Gasteiger partial charge in [0, 0.05) is 6.42 Å². The molecule has 1 rings (SSSR count). The molecule has 1 nitrogen and oxygen atoms in total. The van der Waals surface area contributed by atoms with E-state index >= 15 is 0 Å². The third kappa shape index (κ3) is 4.35. The van der Waals surface area contributed by atoms with Crippen LogP contribution in [-0.2, 0) is 4.43 Å². The second-order valence-electron chi connectivity index (χ2n) is 7.15. The van der Waals surface area contributed by atoms with E-state index in [0.29, 0.717) is 16.6 Å². The predicted octanol–water partition coefficient (Wildman–Crippen LogP) is 6.75. The van der Waals surface area contributed by atoms with Gasteiger partial charge in [-0.1, -0.05) is 65.8 Å². The van der Waals surface area contributed by atoms with Gasteiger partial charge in [0.2, 0.25) is 0 Å². The van der Waals surface area contributed by atoms with Crippen LogP contribution in [-0.4, -0.2) is 8.32 Å². The first-order valence-corrected chi connectivity index (χ1v) is 10.7. The third-order valence-corrected chi connectivity index (χ3v) is 10.9. The average Bonchev–Trinajstić information content (AvgIpc) is 2.37. The van der Waals surface area contributed by atoms with E-state index in [-0.39, 0.29) is 0 Å². The van der Waals surface area contributed by atoms with E-state index in [2.05, 4.69) is 60.3 Å². The minimum absolute atomic E-state index is 0.637. The zero-order valence-corrected chi connectivity index (χ0v) is 15.9. The molecule has 0 aliphatic heterocycles. The highest BCUT2D eigenvalue weighted by molar-refractivity contribution is 6.77. The van der Waals surface area contributed by atoms with Gasteiger partial charge in [-0.2, -0.15) is 0 Å². The molecule has 21 heavy (non-hydrogen) atoms. The molecule has 0 radical (unpaired) electrons. The summed E-state index contributed by atoms with van der Waals surface area (Å²) in [6.07, 6.45) is 10.9. The summed E-state index contributed by atoms with van der Waals surface area (Å²) in [4.78, 5) is 0. The Morgan fingerprint density at radius 3 is 1.95 bits per heavy atom. The molecule has 0 aromatic heterocycles. The summed E-state index contributed by atoms with van der Waals surface area (Å²) < 4.78 is 6.83. The molecule has 0 fully saturated rings. The monoisotopic (exact) mass is 306 g/mol. The largest absolute Gasteiger partial charge is 0.546 e. The summed E-state index contributed by atoms with van der Waals surface area (Å²) in [7, 11) is -1.80. The number of hydrogen-bond acceptors (Lipinski definition) is 1. The third-order valence-electron chi connectivity index (χ3n) is 4.88. The van der Waals surface area contributed by atoms with Gasteiger partial charge in [-0.3, -0.25) is 0 Å². The molecule has 0 saturated carbocycles. The van der Waals surface area contributed by atoms with Crippen molar-refractivity contribution in [1.82, 2.24) is 0 Å². The van der Waals surface area contributed by atoms with Crippen molar-refractivity contribution in [2.24, 2.45) is 0 Å². The molecule has 1 aliphatic carbocycles. The summed E-state index contributed by atoms with van der Waals surface area (Å²) in [5.41, 5.74) is 3.28. The molecule has 0 spiro atoms. The van der Waals surface area contributed by atoms with E-state index in [1.54, 1.807) is 0 Å². The maximum atomic E-state index is 6.83. The van der Waals surface area contributed by atoms with Crippen LogP contribution in [0, 0.1) is 0 Å². The Hall–Kier alpha value is -0.763. The summed E-state index contributed by atoms with van der Waals surface area (Å²) in [6, 6.07) is 0.